The second-order valence-electron chi connectivity index (χ2n) is 10.2. The van der Waals surface area contributed by atoms with Gasteiger partial charge < -0.3 is 0 Å². The minimum Gasteiger partial charge on any atom is -0.0842 e. The summed E-state index contributed by atoms with van der Waals surface area (Å²) in [6.45, 7) is 0. The summed E-state index contributed by atoms with van der Waals surface area (Å²) < 4.78 is 0. The van der Waals surface area contributed by atoms with Crippen LogP contribution in [0.15, 0.2) is 96.2 Å². The van der Waals surface area contributed by atoms with E-state index in [9.17, 15) is 0 Å². The van der Waals surface area contributed by atoms with Crippen LogP contribution in [-0.2, 0) is 0 Å². The van der Waals surface area contributed by atoms with Crippen molar-refractivity contribution in [2.45, 2.75) is 38.5 Å². The highest BCUT2D eigenvalue weighted by molar-refractivity contribution is 6.03. The third kappa shape index (κ3) is 3.20. The van der Waals surface area contributed by atoms with Crippen LogP contribution in [0.2, 0.25) is 0 Å². The molecule has 0 amide bonds. The summed E-state index contributed by atoms with van der Waals surface area (Å²) >= 11 is 0. The van der Waals surface area contributed by atoms with Crippen molar-refractivity contribution in [3.05, 3.63) is 118 Å². The van der Waals surface area contributed by atoms with E-state index >= 15 is 0 Å². The molecule has 0 bridgehead atoms. The van der Waals surface area contributed by atoms with Gasteiger partial charge in [-0.05, 0) is 99.1 Å². The van der Waals surface area contributed by atoms with Gasteiger partial charge in [0.1, 0.15) is 0 Å². The summed E-state index contributed by atoms with van der Waals surface area (Å²) in [5.74, 6) is 1.20. The lowest BCUT2D eigenvalue weighted by atomic mass is 9.76. The molecule has 0 heteroatoms. The van der Waals surface area contributed by atoms with Crippen LogP contribution in [0.1, 0.15) is 49.7 Å². The maximum Gasteiger partial charge on any atom is 0.00561 e. The molecule has 2 aromatic rings. The summed E-state index contributed by atoms with van der Waals surface area (Å²) in [5.41, 5.74) is 8.74. The first-order valence-electron chi connectivity index (χ1n) is 13.0. The van der Waals surface area contributed by atoms with Gasteiger partial charge in [-0.2, -0.15) is 0 Å². The van der Waals surface area contributed by atoms with Crippen molar-refractivity contribution in [1.82, 2.24) is 0 Å². The summed E-state index contributed by atoms with van der Waals surface area (Å²) in [5, 5.41) is 5.71. The lowest BCUT2D eigenvalue weighted by molar-refractivity contribution is 0.573. The molecule has 0 aliphatic heterocycles. The first kappa shape index (κ1) is 20.0. The van der Waals surface area contributed by atoms with Crippen LogP contribution >= 0.6 is 0 Å². The van der Waals surface area contributed by atoms with E-state index in [1.54, 1.807) is 0 Å². The van der Waals surface area contributed by atoms with Crippen molar-refractivity contribution < 1.29 is 0 Å². The zero-order valence-electron chi connectivity index (χ0n) is 19.6. The average molecular weight is 439 g/mol. The van der Waals surface area contributed by atoms with E-state index in [0.29, 0.717) is 11.8 Å². The zero-order chi connectivity index (χ0) is 22.5. The first-order valence-corrected chi connectivity index (χ1v) is 13.0. The molecule has 166 valence electrons. The minimum absolute atomic E-state index is 0.531. The molecule has 2 unspecified atom stereocenters. The molecule has 5 aliphatic carbocycles. The number of fused-ring (bicyclic) bond motifs is 4. The summed E-state index contributed by atoms with van der Waals surface area (Å²) in [6.07, 6.45) is 35.6. The molecule has 0 heterocycles. The Morgan fingerprint density at radius 1 is 0.735 bits per heavy atom. The maximum atomic E-state index is 2.51. The number of hydrogen-bond acceptors (Lipinski definition) is 0. The Hall–Kier alpha value is -3.38. The van der Waals surface area contributed by atoms with Crippen molar-refractivity contribution in [2.24, 2.45) is 11.8 Å². The van der Waals surface area contributed by atoms with Gasteiger partial charge in [-0.1, -0.05) is 97.2 Å². The molecule has 7 rings (SSSR count). The van der Waals surface area contributed by atoms with E-state index in [4.69, 9.17) is 0 Å². The highest BCUT2D eigenvalue weighted by Gasteiger charge is 2.24. The number of rotatable bonds is 2. The number of hydrogen-bond donors (Lipinski definition) is 0. The number of allylic oxidation sites excluding steroid dienone is 14. The minimum atomic E-state index is 0.531. The molecule has 0 aromatic heterocycles. The van der Waals surface area contributed by atoms with E-state index in [-0.39, 0.29) is 0 Å². The smallest absolute Gasteiger partial charge is 0.00561 e. The highest BCUT2D eigenvalue weighted by Crippen LogP contribution is 2.39. The second-order valence-corrected chi connectivity index (χ2v) is 10.2. The molecule has 2 aromatic carbocycles. The molecule has 0 nitrogen and oxygen atoms in total. The predicted octanol–water partition coefficient (Wildman–Crippen LogP) is 7.33. The van der Waals surface area contributed by atoms with Gasteiger partial charge in [0.15, 0.2) is 0 Å². The van der Waals surface area contributed by atoms with Gasteiger partial charge in [0, 0.05) is 5.92 Å². The molecule has 34 heavy (non-hydrogen) atoms. The molecular weight excluding hydrogens is 408 g/mol. The van der Waals surface area contributed by atoms with Gasteiger partial charge in [0.2, 0.25) is 0 Å². The first-order chi connectivity index (χ1) is 16.9. The van der Waals surface area contributed by atoms with Crippen LogP contribution in [0.4, 0.5) is 0 Å². The average Bonchev–Trinajstić information content (AvgIpc) is 2.91. The molecule has 0 fully saturated rings. The van der Waals surface area contributed by atoms with E-state index in [0.717, 1.165) is 25.7 Å². The molecule has 0 saturated carbocycles. The van der Waals surface area contributed by atoms with Crippen LogP contribution in [-0.4, -0.2) is 0 Å². The third-order valence-electron chi connectivity index (χ3n) is 8.25. The Kier molecular flexibility index (Phi) is 4.79. The van der Waals surface area contributed by atoms with Crippen molar-refractivity contribution >= 4 is 34.1 Å². The standard InChI is InChI=1S/C34H30/c1-3-11-25-21-27(19-17-23(25)9-1)33-29-13-5-7-15-31(29)34(32-16-8-6-14-30(32)33)28-20-18-24-10-2-4-12-26(24)22-28/h1-3,5,7,10-11,13-21,23,26H,4,6,8-9,12,22H2. The topological polar surface area (TPSA) is 0 Å². The molecule has 0 spiro atoms. The second kappa shape index (κ2) is 8.13. The van der Waals surface area contributed by atoms with E-state index in [1.165, 1.54) is 67.5 Å². The van der Waals surface area contributed by atoms with Gasteiger partial charge in [0.25, 0.3) is 0 Å². The van der Waals surface area contributed by atoms with Crippen molar-refractivity contribution in [3.8, 4) is 0 Å². The van der Waals surface area contributed by atoms with Crippen molar-refractivity contribution in [1.29, 1.82) is 0 Å². The quantitative estimate of drug-likeness (QED) is 0.460. The molecule has 5 aliphatic rings. The van der Waals surface area contributed by atoms with Crippen molar-refractivity contribution in [2.75, 3.05) is 0 Å². The zero-order valence-corrected chi connectivity index (χ0v) is 19.6. The van der Waals surface area contributed by atoms with Gasteiger partial charge in [-0.25, -0.2) is 0 Å². The number of benzene rings is 2. The Labute approximate surface area is 202 Å². The van der Waals surface area contributed by atoms with Gasteiger partial charge in [-0.3, -0.25) is 0 Å². The fraction of sp³-hybridized carbons (Fsp3) is 0.235. The van der Waals surface area contributed by atoms with Gasteiger partial charge in [0.05, 0.1) is 0 Å². The molecule has 2 atom stereocenters. The maximum absolute atomic E-state index is 2.51. The normalized spacial score (nSPS) is 24.6. The molecular formula is C34H30. The van der Waals surface area contributed by atoms with Crippen molar-refractivity contribution in [3.63, 3.8) is 0 Å². The fourth-order valence-electron chi connectivity index (χ4n) is 6.57. The van der Waals surface area contributed by atoms with Crippen LogP contribution < -0.4 is 10.4 Å². The summed E-state index contributed by atoms with van der Waals surface area (Å²) in [6, 6.07) is 9.14. The van der Waals surface area contributed by atoms with E-state index in [1.807, 2.05) is 0 Å². The highest BCUT2D eigenvalue weighted by atomic mass is 14.3. The molecule has 0 radical (unpaired) electrons. The van der Waals surface area contributed by atoms with Crippen LogP contribution in [0.25, 0.3) is 34.1 Å². The SMILES string of the molecule is C1=CCC2C=CC(c3c4c(c(C5=CC=C6C=CCCC6C5)c5ccccc35)=CCCC=4)=CC2=C1. The van der Waals surface area contributed by atoms with Crippen LogP contribution in [0.5, 0.6) is 0 Å². The third-order valence-corrected chi connectivity index (χ3v) is 8.25. The largest absolute Gasteiger partial charge is 0.0842 e. The van der Waals surface area contributed by atoms with Crippen LogP contribution in [0.3, 0.4) is 0 Å². The van der Waals surface area contributed by atoms with E-state index in [2.05, 4.69) is 97.2 Å². The summed E-state index contributed by atoms with van der Waals surface area (Å²) in [7, 11) is 0. The fourth-order valence-corrected chi connectivity index (χ4v) is 6.57. The lowest BCUT2D eigenvalue weighted by Gasteiger charge is -2.28. The van der Waals surface area contributed by atoms with Gasteiger partial charge >= 0.3 is 0 Å². The van der Waals surface area contributed by atoms with Gasteiger partial charge in [-0.15, -0.1) is 0 Å². The summed E-state index contributed by atoms with van der Waals surface area (Å²) in [4.78, 5) is 0. The Balaban J connectivity index is 1.50. The monoisotopic (exact) mass is 438 g/mol. The molecule has 0 saturated heterocycles. The van der Waals surface area contributed by atoms with Crippen LogP contribution in [0, 0.1) is 11.8 Å². The Morgan fingerprint density at radius 3 is 2.44 bits per heavy atom. The lowest BCUT2D eigenvalue weighted by Crippen LogP contribution is -2.34. The Morgan fingerprint density at radius 2 is 1.56 bits per heavy atom. The molecule has 0 N–H and O–H groups in total. The van der Waals surface area contributed by atoms with E-state index < -0.39 is 0 Å². The Bertz CT molecular complexity index is 1540. The predicted molar refractivity (Wildman–Crippen MR) is 146 cm³/mol.